The van der Waals surface area contributed by atoms with Gasteiger partial charge in [0.25, 0.3) is 5.89 Å². The minimum absolute atomic E-state index is 0.115. The van der Waals surface area contributed by atoms with E-state index in [1.54, 1.807) is 25.1 Å². The predicted molar refractivity (Wildman–Crippen MR) is 87.3 cm³/mol. The zero-order valence-electron chi connectivity index (χ0n) is 12.6. The van der Waals surface area contributed by atoms with E-state index in [9.17, 15) is 4.79 Å². The number of hydrogen-bond acceptors (Lipinski definition) is 5. The highest BCUT2D eigenvalue weighted by Crippen LogP contribution is 2.29. The number of nitrogens with zero attached hydrogens (tertiary/aromatic N) is 4. The van der Waals surface area contributed by atoms with Gasteiger partial charge in [-0.2, -0.15) is 4.98 Å². The average Bonchev–Trinajstić information content (AvgIpc) is 2.96. The molecule has 1 aromatic carbocycles. The van der Waals surface area contributed by atoms with Gasteiger partial charge in [0, 0.05) is 38.1 Å². The number of hydrogen-bond donors (Lipinski definition) is 0. The Labute approximate surface area is 144 Å². The molecule has 1 aliphatic rings. The fraction of sp³-hybridized carbons (Fsp3) is 0.400. The molecule has 1 aromatic heterocycles. The summed E-state index contributed by atoms with van der Waals surface area (Å²) in [6.45, 7) is 5.22. The molecule has 0 atom stereocenters. The number of piperazine rings is 1. The van der Waals surface area contributed by atoms with Gasteiger partial charge in [0.15, 0.2) is 5.82 Å². The Balaban J connectivity index is 1.65. The summed E-state index contributed by atoms with van der Waals surface area (Å²) in [5.41, 5.74) is 0.663. The molecule has 1 fully saturated rings. The second kappa shape index (κ2) is 6.86. The molecular formula is C15H16Cl2N4O2. The number of benzene rings is 1. The fourth-order valence-electron chi connectivity index (χ4n) is 2.51. The summed E-state index contributed by atoms with van der Waals surface area (Å²) in [6.07, 6.45) is 0. The van der Waals surface area contributed by atoms with Crippen molar-refractivity contribution < 1.29 is 9.32 Å². The molecule has 0 saturated carbocycles. The van der Waals surface area contributed by atoms with Gasteiger partial charge in [-0.15, -0.1) is 0 Å². The zero-order chi connectivity index (χ0) is 16.4. The van der Waals surface area contributed by atoms with E-state index in [1.807, 2.05) is 4.90 Å². The Bertz CT molecular complexity index is 711. The third kappa shape index (κ3) is 3.83. The highest BCUT2D eigenvalue weighted by atomic mass is 35.5. The van der Waals surface area contributed by atoms with Crippen LogP contribution in [0.3, 0.4) is 0 Å². The van der Waals surface area contributed by atoms with Gasteiger partial charge in [-0.25, -0.2) is 0 Å². The smallest absolute Gasteiger partial charge is 0.259 e. The number of carbonyl (C=O) groups excluding carboxylic acids is 1. The van der Waals surface area contributed by atoms with Crippen molar-refractivity contribution in [1.29, 1.82) is 0 Å². The van der Waals surface area contributed by atoms with Crippen LogP contribution in [-0.4, -0.2) is 52.0 Å². The van der Waals surface area contributed by atoms with Crippen LogP contribution in [0.5, 0.6) is 0 Å². The highest BCUT2D eigenvalue weighted by Gasteiger charge is 2.20. The molecule has 1 saturated heterocycles. The topological polar surface area (TPSA) is 62.5 Å². The summed E-state index contributed by atoms with van der Waals surface area (Å²) in [7, 11) is 0. The van der Waals surface area contributed by atoms with Gasteiger partial charge in [0.2, 0.25) is 5.91 Å². The lowest BCUT2D eigenvalue weighted by Gasteiger charge is -2.33. The summed E-state index contributed by atoms with van der Waals surface area (Å²) in [5, 5.41) is 5.04. The molecule has 0 aliphatic carbocycles. The van der Waals surface area contributed by atoms with Crippen LogP contribution in [0, 0.1) is 0 Å². The lowest BCUT2D eigenvalue weighted by atomic mass is 10.2. The third-order valence-electron chi connectivity index (χ3n) is 3.81. The van der Waals surface area contributed by atoms with Gasteiger partial charge in [0.1, 0.15) is 0 Å². The number of carbonyl (C=O) groups is 1. The van der Waals surface area contributed by atoms with Crippen LogP contribution in [0.25, 0.3) is 11.5 Å². The Morgan fingerprint density at radius 2 is 2.00 bits per heavy atom. The van der Waals surface area contributed by atoms with E-state index in [0.717, 1.165) is 26.2 Å². The van der Waals surface area contributed by atoms with E-state index < -0.39 is 0 Å². The first-order valence-corrected chi connectivity index (χ1v) is 8.04. The molecule has 1 amide bonds. The SMILES string of the molecule is CC(=O)N1CCN(Cc2noc(-c3ccc(Cl)cc3Cl)n2)CC1. The van der Waals surface area contributed by atoms with Crippen molar-refractivity contribution in [3.63, 3.8) is 0 Å². The number of halogens is 2. The highest BCUT2D eigenvalue weighted by molar-refractivity contribution is 6.36. The molecular weight excluding hydrogens is 339 g/mol. The van der Waals surface area contributed by atoms with Crippen LogP contribution in [0.1, 0.15) is 12.7 Å². The lowest BCUT2D eigenvalue weighted by Crippen LogP contribution is -2.47. The van der Waals surface area contributed by atoms with Gasteiger partial charge in [0.05, 0.1) is 17.1 Å². The Morgan fingerprint density at radius 1 is 1.26 bits per heavy atom. The molecule has 2 heterocycles. The molecule has 0 N–H and O–H groups in total. The lowest BCUT2D eigenvalue weighted by molar-refractivity contribution is -0.130. The molecule has 8 heteroatoms. The summed E-state index contributed by atoms with van der Waals surface area (Å²) in [6, 6.07) is 5.13. The molecule has 0 unspecified atom stereocenters. The van der Waals surface area contributed by atoms with Gasteiger partial charge in [-0.3, -0.25) is 9.69 Å². The molecule has 0 radical (unpaired) electrons. The average molecular weight is 355 g/mol. The standard InChI is InChI=1S/C15H16Cl2N4O2/c1-10(22)21-6-4-20(5-7-21)9-14-18-15(23-19-14)12-3-2-11(16)8-13(12)17/h2-3,8H,4-7,9H2,1H3. The summed E-state index contributed by atoms with van der Waals surface area (Å²) in [5.74, 6) is 1.09. The number of rotatable bonds is 3. The zero-order valence-corrected chi connectivity index (χ0v) is 14.1. The van der Waals surface area contributed by atoms with Crippen LogP contribution >= 0.6 is 23.2 Å². The van der Waals surface area contributed by atoms with Crippen LogP contribution in [0.15, 0.2) is 22.7 Å². The van der Waals surface area contributed by atoms with Crippen molar-refractivity contribution in [2.75, 3.05) is 26.2 Å². The predicted octanol–water partition coefficient (Wildman–Crippen LogP) is 2.71. The molecule has 0 bridgehead atoms. The maximum absolute atomic E-state index is 11.3. The Hall–Kier alpha value is -1.63. The van der Waals surface area contributed by atoms with Crippen molar-refractivity contribution in [3.05, 3.63) is 34.1 Å². The maximum atomic E-state index is 11.3. The first-order chi connectivity index (χ1) is 11.0. The molecule has 0 spiro atoms. The van der Waals surface area contributed by atoms with E-state index in [1.165, 1.54) is 0 Å². The second-order valence-electron chi connectivity index (χ2n) is 5.42. The van der Waals surface area contributed by atoms with Crippen molar-refractivity contribution in [1.82, 2.24) is 19.9 Å². The van der Waals surface area contributed by atoms with E-state index >= 15 is 0 Å². The fourth-order valence-corrected chi connectivity index (χ4v) is 3.00. The molecule has 3 rings (SSSR count). The number of amides is 1. The van der Waals surface area contributed by atoms with Gasteiger partial charge < -0.3 is 9.42 Å². The first kappa shape index (κ1) is 16.2. The minimum Gasteiger partial charge on any atom is -0.340 e. The summed E-state index contributed by atoms with van der Waals surface area (Å²) in [4.78, 5) is 19.7. The number of aromatic nitrogens is 2. The van der Waals surface area contributed by atoms with E-state index in [4.69, 9.17) is 27.7 Å². The normalized spacial score (nSPS) is 15.9. The van der Waals surface area contributed by atoms with Crippen molar-refractivity contribution in [2.45, 2.75) is 13.5 Å². The molecule has 23 heavy (non-hydrogen) atoms. The quantitative estimate of drug-likeness (QED) is 0.847. The summed E-state index contributed by atoms with van der Waals surface area (Å²) >= 11 is 12.0. The molecule has 2 aromatic rings. The van der Waals surface area contributed by atoms with E-state index in [-0.39, 0.29) is 5.91 Å². The van der Waals surface area contributed by atoms with Gasteiger partial charge in [-0.1, -0.05) is 28.4 Å². The largest absolute Gasteiger partial charge is 0.340 e. The van der Waals surface area contributed by atoms with Crippen LogP contribution in [-0.2, 0) is 11.3 Å². The van der Waals surface area contributed by atoms with Crippen LogP contribution < -0.4 is 0 Å². The van der Waals surface area contributed by atoms with Gasteiger partial charge >= 0.3 is 0 Å². The molecule has 1 aliphatic heterocycles. The van der Waals surface area contributed by atoms with E-state index in [2.05, 4.69) is 15.0 Å². The first-order valence-electron chi connectivity index (χ1n) is 7.29. The molecule has 122 valence electrons. The maximum Gasteiger partial charge on any atom is 0.259 e. The van der Waals surface area contributed by atoms with Crippen molar-refractivity contribution >= 4 is 29.1 Å². The van der Waals surface area contributed by atoms with Crippen LogP contribution in [0.2, 0.25) is 10.0 Å². The van der Waals surface area contributed by atoms with Crippen LogP contribution in [0.4, 0.5) is 0 Å². The Morgan fingerprint density at radius 3 is 2.65 bits per heavy atom. The Kier molecular flexibility index (Phi) is 4.84. The van der Waals surface area contributed by atoms with E-state index in [0.29, 0.717) is 33.9 Å². The van der Waals surface area contributed by atoms with Crippen molar-refractivity contribution in [2.24, 2.45) is 0 Å². The monoisotopic (exact) mass is 354 g/mol. The molecule has 6 nitrogen and oxygen atoms in total. The van der Waals surface area contributed by atoms with Crippen molar-refractivity contribution in [3.8, 4) is 11.5 Å². The summed E-state index contributed by atoms with van der Waals surface area (Å²) < 4.78 is 5.29. The minimum atomic E-state index is 0.115. The third-order valence-corrected chi connectivity index (χ3v) is 4.36. The van der Waals surface area contributed by atoms with Gasteiger partial charge in [-0.05, 0) is 18.2 Å². The second-order valence-corrected chi connectivity index (χ2v) is 6.27.